The molecule has 0 spiro atoms. The number of likely N-dealkylation sites (N-methyl/N-ethyl adjacent to an activating group) is 1. The van der Waals surface area contributed by atoms with Crippen molar-refractivity contribution >= 4 is 5.91 Å². The third-order valence-electron chi connectivity index (χ3n) is 5.74. The smallest absolute Gasteiger partial charge is 0.226 e. The first kappa shape index (κ1) is 13.4. The van der Waals surface area contributed by atoms with Crippen LogP contribution in [0.25, 0.3) is 0 Å². The third kappa shape index (κ3) is 2.40. The quantitative estimate of drug-likeness (QED) is 0.812. The maximum atomic E-state index is 12.8. The van der Waals surface area contributed by atoms with Crippen LogP contribution in [0, 0.1) is 11.8 Å². The molecule has 3 aliphatic rings. The fourth-order valence-corrected chi connectivity index (χ4v) is 4.39. The molecule has 0 aromatic heterocycles. The molecule has 2 aliphatic heterocycles. The van der Waals surface area contributed by atoms with Crippen LogP contribution in [-0.2, 0) is 4.79 Å². The van der Waals surface area contributed by atoms with E-state index in [9.17, 15) is 4.79 Å². The Hall–Kier alpha value is -0.610. The van der Waals surface area contributed by atoms with E-state index in [2.05, 4.69) is 16.8 Å². The minimum Gasteiger partial charge on any atom is -0.341 e. The van der Waals surface area contributed by atoms with Crippen molar-refractivity contribution in [2.45, 2.75) is 50.6 Å². The highest BCUT2D eigenvalue weighted by molar-refractivity contribution is 5.79. The van der Waals surface area contributed by atoms with E-state index in [4.69, 9.17) is 5.73 Å². The fraction of sp³-hybridized carbons (Fsp3) is 0.933. The molecule has 0 aromatic carbocycles. The normalized spacial score (nSPS) is 39.6. The van der Waals surface area contributed by atoms with E-state index in [0.29, 0.717) is 30.5 Å². The van der Waals surface area contributed by atoms with Gasteiger partial charge in [-0.25, -0.2) is 0 Å². The fourth-order valence-electron chi connectivity index (χ4n) is 4.39. The van der Waals surface area contributed by atoms with Crippen LogP contribution in [0.5, 0.6) is 0 Å². The summed E-state index contributed by atoms with van der Waals surface area (Å²) in [6.45, 7) is 2.58. The van der Waals surface area contributed by atoms with E-state index in [1.54, 1.807) is 0 Å². The topological polar surface area (TPSA) is 49.6 Å². The van der Waals surface area contributed by atoms with E-state index in [1.165, 1.54) is 19.3 Å². The Labute approximate surface area is 116 Å². The van der Waals surface area contributed by atoms with Crippen LogP contribution in [0.1, 0.15) is 38.5 Å². The van der Waals surface area contributed by atoms with Gasteiger partial charge in [-0.2, -0.15) is 0 Å². The summed E-state index contributed by atoms with van der Waals surface area (Å²) in [5, 5.41) is 0. The van der Waals surface area contributed by atoms with Crippen molar-refractivity contribution in [1.29, 1.82) is 0 Å². The van der Waals surface area contributed by atoms with Gasteiger partial charge in [0.2, 0.25) is 5.91 Å². The van der Waals surface area contributed by atoms with E-state index in [0.717, 1.165) is 32.4 Å². The van der Waals surface area contributed by atoms with E-state index in [-0.39, 0.29) is 5.92 Å². The number of carbonyl (C=O) groups is 1. The van der Waals surface area contributed by atoms with Gasteiger partial charge in [0.1, 0.15) is 0 Å². The van der Waals surface area contributed by atoms with E-state index in [1.807, 2.05) is 0 Å². The van der Waals surface area contributed by atoms with Gasteiger partial charge in [-0.05, 0) is 51.6 Å². The minimum absolute atomic E-state index is 0.215. The van der Waals surface area contributed by atoms with Gasteiger partial charge in [-0.3, -0.25) is 9.69 Å². The van der Waals surface area contributed by atoms with Gasteiger partial charge < -0.3 is 10.6 Å². The van der Waals surface area contributed by atoms with Crippen LogP contribution in [0.3, 0.4) is 0 Å². The molecule has 0 radical (unpaired) electrons. The van der Waals surface area contributed by atoms with Crippen molar-refractivity contribution in [3.05, 3.63) is 0 Å². The number of hydrogen-bond acceptors (Lipinski definition) is 3. The Bertz CT molecular complexity index is 346. The Morgan fingerprint density at radius 1 is 1.16 bits per heavy atom. The van der Waals surface area contributed by atoms with E-state index >= 15 is 0 Å². The molecule has 108 valence electrons. The lowest BCUT2D eigenvalue weighted by atomic mass is 9.94. The lowest BCUT2D eigenvalue weighted by Gasteiger charge is -2.29. The molecule has 2 N–H and O–H groups in total. The zero-order chi connectivity index (χ0) is 13.4. The van der Waals surface area contributed by atoms with Crippen molar-refractivity contribution < 1.29 is 4.79 Å². The summed E-state index contributed by atoms with van der Waals surface area (Å²) in [6.07, 6.45) is 7.11. The molecular formula is C15H27N3O. The summed E-state index contributed by atoms with van der Waals surface area (Å²) in [5.74, 6) is 1.05. The highest BCUT2D eigenvalue weighted by atomic mass is 16.2. The monoisotopic (exact) mass is 265 g/mol. The SMILES string of the molecule is CN1C2CCC1CN(C(=O)C1CCCC1CN)CC2. The number of nitrogens with two attached hydrogens (primary N) is 1. The molecule has 3 rings (SSSR count). The summed E-state index contributed by atoms with van der Waals surface area (Å²) >= 11 is 0. The molecule has 0 aromatic rings. The highest BCUT2D eigenvalue weighted by Crippen LogP contribution is 2.34. The summed E-state index contributed by atoms with van der Waals surface area (Å²) < 4.78 is 0. The number of amides is 1. The lowest BCUT2D eigenvalue weighted by Crippen LogP contribution is -2.43. The zero-order valence-electron chi connectivity index (χ0n) is 12.1. The first-order valence-corrected chi connectivity index (χ1v) is 7.91. The largest absolute Gasteiger partial charge is 0.341 e. The van der Waals surface area contributed by atoms with Crippen LogP contribution in [0.2, 0.25) is 0 Å². The summed E-state index contributed by atoms with van der Waals surface area (Å²) in [4.78, 5) is 17.4. The molecular weight excluding hydrogens is 238 g/mol. The van der Waals surface area contributed by atoms with E-state index < -0.39 is 0 Å². The highest BCUT2D eigenvalue weighted by Gasteiger charge is 2.40. The summed E-state index contributed by atoms with van der Waals surface area (Å²) in [7, 11) is 2.23. The molecule has 2 heterocycles. The third-order valence-corrected chi connectivity index (χ3v) is 5.74. The maximum Gasteiger partial charge on any atom is 0.226 e. The standard InChI is InChI=1S/C15H27N3O/c1-17-12-5-6-13(17)10-18(8-7-12)15(19)14-4-2-3-11(14)9-16/h11-14H,2-10,16H2,1H3. The maximum absolute atomic E-state index is 12.8. The second-order valence-corrected chi connectivity index (χ2v) is 6.66. The predicted molar refractivity (Wildman–Crippen MR) is 75.7 cm³/mol. The molecule has 1 amide bonds. The zero-order valence-corrected chi connectivity index (χ0v) is 12.1. The van der Waals surface area contributed by atoms with Crippen LogP contribution in [0.4, 0.5) is 0 Å². The van der Waals surface area contributed by atoms with Gasteiger partial charge in [0.05, 0.1) is 0 Å². The molecule has 2 saturated heterocycles. The van der Waals surface area contributed by atoms with Crippen molar-refractivity contribution in [2.75, 3.05) is 26.7 Å². The molecule has 1 aliphatic carbocycles. The Morgan fingerprint density at radius 2 is 1.95 bits per heavy atom. The van der Waals surface area contributed by atoms with Gasteiger partial charge in [0, 0.05) is 31.1 Å². The number of rotatable bonds is 2. The van der Waals surface area contributed by atoms with Crippen LogP contribution in [-0.4, -0.2) is 54.5 Å². The number of carbonyl (C=O) groups excluding carboxylic acids is 1. The number of nitrogens with zero attached hydrogens (tertiary/aromatic N) is 2. The number of hydrogen-bond donors (Lipinski definition) is 1. The predicted octanol–water partition coefficient (Wildman–Crippen LogP) is 1.06. The molecule has 3 fully saturated rings. The van der Waals surface area contributed by atoms with Crippen LogP contribution < -0.4 is 5.73 Å². The molecule has 4 unspecified atom stereocenters. The summed E-state index contributed by atoms with van der Waals surface area (Å²) in [6, 6.07) is 1.30. The van der Waals surface area contributed by atoms with Crippen molar-refractivity contribution in [1.82, 2.24) is 9.80 Å². The van der Waals surface area contributed by atoms with Crippen molar-refractivity contribution in [3.8, 4) is 0 Å². The van der Waals surface area contributed by atoms with Gasteiger partial charge in [0.15, 0.2) is 0 Å². The van der Waals surface area contributed by atoms with Crippen molar-refractivity contribution in [3.63, 3.8) is 0 Å². The average Bonchev–Trinajstić information content (AvgIpc) is 2.94. The molecule has 19 heavy (non-hydrogen) atoms. The van der Waals surface area contributed by atoms with Gasteiger partial charge in [-0.1, -0.05) is 6.42 Å². The Morgan fingerprint density at radius 3 is 2.74 bits per heavy atom. The molecule has 2 bridgehead atoms. The van der Waals surface area contributed by atoms with Gasteiger partial charge >= 0.3 is 0 Å². The Balaban J connectivity index is 1.67. The lowest BCUT2D eigenvalue weighted by molar-refractivity contribution is -0.137. The van der Waals surface area contributed by atoms with Crippen LogP contribution >= 0.6 is 0 Å². The first-order chi connectivity index (χ1) is 9.20. The summed E-state index contributed by atoms with van der Waals surface area (Å²) in [5.41, 5.74) is 5.83. The second kappa shape index (κ2) is 5.41. The van der Waals surface area contributed by atoms with Gasteiger partial charge in [0.25, 0.3) is 0 Å². The molecule has 4 atom stereocenters. The molecule has 1 saturated carbocycles. The number of likely N-dealkylation sites (tertiary alicyclic amines) is 1. The minimum atomic E-state index is 0.215. The average molecular weight is 265 g/mol. The molecule has 4 heteroatoms. The van der Waals surface area contributed by atoms with Crippen molar-refractivity contribution in [2.24, 2.45) is 17.6 Å². The van der Waals surface area contributed by atoms with Crippen LogP contribution in [0.15, 0.2) is 0 Å². The first-order valence-electron chi connectivity index (χ1n) is 7.91. The second-order valence-electron chi connectivity index (χ2n) is 6.66. The van der Waals surface area contributed by atoms with Gasteiger partial charge in [-0.15, -0.1) is 0 Å². The number of fused-ring (bicyclic) bond motifs is 2. The molecule has 4 nitrogen and oxygen atoms in total. The Kier molecular flexibility index (Phi) is 3.81.